The lowest BCUT2D eigenvalue weighted by Crippen LogP contribution is -2.44. The summed E-state index contributed by atoms with van der Waals surface area (Å²) in [6.45, 7) is 0. The minimum atomic E-state index is -0.951. The Balaban J connectivity index is 2.01. The Labute approximate surface area is 205 Å². The number of carbonyl (C=O) groups is 3. The summed E-state index contributed by atoms with van der Waals surface area (Å²) in [6.07, 6.45) is 2.83. The van der Waals surface area contributed by atoms with Crippen LogP contribution in [0.4, 0.5) is 0 Å². The molecule has 0 aromatic heterocycles. The third-order valence-corrected chi connectivity index (χ3v) is 5.87. The monoisotopic (exact) mass is 471 g/mol. The second-order valence-electron chi connectivity index (χ2n) is 7.98. The Kier molecular flexibility index (Phi) is 8.95. The molecule has 0 fully saturated rings. The van der Waals surface area contributed by atoms with E-state index in [2.05, 4.69) is 10.1 Å². The van der Waals surface area contributed by atoms with Crippen LogP contribution in [0.3, 0.4) is 0 Å². The Morgan fingerprint density at radius 3 is 1.63 bits per heavy atom. The van der Waals surface area contributed by atoms with E-state index in [0.29, 0.717) is 0 Å². The minimum Gasteiger partial charge on any atom is -0.467 e. The van der Waals surface area contributed by atoms with Gasteiger partial charge in [0, 0.05) is 12.5 Å². The maximum Gasteiger partial charge on any atom is 0.330 e. The molecule has 3 aromatic rings. The van der Waals surface area contributed by atoms with Gasteiger partial charge in [0.1, 0.15) is 6.04 Å². The van der Waals surface area contributed by atoms with Gasteiger partial charge in [-0.2, -0.15) is 0 Å². The van der Waals surface area contributed by atoms with E-state index in [9.17, 15) is 14.4 Å². The van der Waals surface area contributed by atoms with Crippen molar-refractivity contribution in [3.05, 3.63) is 120 Å². The predicted molar refractivity (Wildman–Crippen MR) is 134 cm³/mol. The molecule has 180 valence electrons. The molecule has 0 spiro atoms. The maximum atomic E-state index is 13.5. The van der Waals surface area contributed by atoms with Crippen LogP contribution in [0.2, 0.25) is 0 Å². The van der Waals surface area contributed by atoms with Crippen LogP contribution in [-0.2, 0) is 29.3 Å². The summed E-state index contributed by atoms with van der Waals surface area (Å²) in [4.78, 5) is 37.3. The number of hydrogen-bond acceptors (Lipinski definition) is 5. The normalized spacial score (nSPS) is 12.1. The van der Waals surface area contributed by atoms with Crippen LogP contribution in [-0.4, -0.2) is 38.1 Å². The first-order chi connectivity index (χ1) is 17.0. The summed E-state index contributed by atoms with van der Waals surface area (Å²) in [5.41, 5.74) is 2.06. The van der Waals surface area contributed by atoms with Gasteiger partial charge in [0.05, 0.1) is 19.6 Å². The zero-order valence-electron chi connectivity index (χ0n) is 19.8. The molecule has 1 atom stereocenters. The zero-order chi connectivity index (χ0) is 25.1. The van der Waals surface area contributed by atoms with Crippen molar-refractivity contribution in [2.45, 2.75) is 24.3 Å². The molecule has 1 amide bonds. The van der Waals surface area contributed by atoms with Gasteiger partial charge in [-0.15, -0.1) is 0 Å². The molecule has 0 aliphatic rings. The van der Waals surface area contributed by atoms with Crippen molar-refractivity contribution in [2.24, 2.45) is 0 Å². The lowest BCUT2D eigenvalue weighted by atomic mass is 9.67. The molecule has 0 radical (unpaired) electrons. The Bertz CT molecular complexity index is 1050. The summed E-state index contributed by atoms with van der Waals surface area (Å²) >= 11 is 0. The highest BCUT2D eigenvalue weighted by Gasteiger charge is 2.39. The van der Waals surface area contributed by atoms with Crippen molar-refractivity contribution >= 4 is 17.8 Å². The van der Waals surface area contributed by atoms with Gasteiger partial charge in [-0.05, 0) is 23.1 Å². The molecule has 0 aliphatic heterocycles. The number of carbonyl (C=O) groups excluding carboxylic acids is 3. The van der Waals surface area contributed by atoms with Gasteiger partial charge in [-0.25, -0.2) is 9.59 Å². The second kappa shape index (κ2) is 12.3. The molecular formula is C29H29NO5. The summed E-state index contributed by atoms with van der Waals surface area (Å²) in [5.74, 6) is -1.47. The van der Waals surface area contributed by atoms with E-state index in [0.717, 1.165) is 16.7 Å². The maximum absolute atomic E-state index is 13.5. The van der Waals surface area contributed by atoms with Crippen LogP contribution in [0, 0.1) is 0 Å². The van der Waals surface area contributed by atoms with E-state index in [1.165, 1.54) is 26.4 Å². The van der Waals surface area contributed by atoms with Gasteiger partial charge in [-0.3, -0.25) is 4.79 Å². The van der Waals surface area contributed by atoms with Gasteiger partial charge < -0.3 is 14.8 Å². The Hall–Kier alpha value is -4.19. The van der Waals surface area contributed by atoms with Gasteiger partial charge in [-0.1, -0.05) is 97.1 Å². The van der Waals surface area contributed by atoms with Gasteiger partial charge >= 0.3 is 11.9 Å². The zero-order valence-corrected chi connectivity index (χ0v) is 19.8. The molecular weight excluding hydrogens is 442 g/mol. The molecule has 0 bridgehead atoms. The highest BCUT2D eigenvalue weighted by Crippen LogP contribution is 2.42. The van der Waals surface area contributed by atoms with Gasteiger partial charge in [0.15, 0.2) is 0 Å². The number of amides is 1. The number of rotatable bonds is 10. The SMILES string of the molecule is COC(=O)/C=C/C[C@@H](NC(=O)CC(c1ccccc1)(c1ccccc1)c1ccccc1)C(=O)OC. The van der Waals surface area contributed by atoms with Crippen molar-refractivity contribution in [3.63, 3.8) is 0 Å². The first-order valence-electron chi connectivity index (χ1n) is 11.3. The van der Waals surface area contributed by atoms with E-state index in [1.54, 1.807) is 0 Å². The Morgan fingerprint density at radius 1 is 0.771 bits per heavy atom. The number of hydrogen-bond donors (Lipinski definition) is 1. The fourth-order valence-corrected chi connectivity index (χ4v) is 4.19. The van der Waals surface area contributed by atoms with Crippen LogP contribution < -0.4 is 5.32 Å². The first kappa shape index (κ1) is 25.4. The van der Waals surface area contributed by atoms with Crippen LogP contribution in [0.25, 0.3) is 0 Å². The highest BCUT2D eigenvalue weighted by atomic mass is 16.5. The summed E-state index contributed by atoms with van der Waals surface area (Å²) < 4.78 is 9.46. The number of nitrogens with one attached hydrogen (secondary N) is 1. The lowest BCUT2D eigenvalue weighted by Gasteiger charge is -2.36. The van der Waals surface area contributed by atoms with Crippen molar-refractivity contribution in [2.75, 3.05) is 14.2 Å². The smallest absolute Gasteiger partial charge is 0.330 e. The topological polar surface area (TPSA) is 81.7 Å². The summed E-state index contributed by atoms with van der Waals surface area (Å²) in [5, 5.41) is 2.81. The van der Waals surface area contributed by atoms with Crippen LogP contribution in [0.1, 0.15) is 29.5 Å². The molecule has 3 rings (SSSR count). The Morgan fingerprint density at radius 2 is 1.23 bits per heavy atom. The molecule has 6 heteroatoms. The third kappa shape index (κ3) is 6.23. The van der Waals surface area contributed by atoms with E-state index in [-0.39, 0.29) is 18.7 Å². The predicted octanol–water partition coefficient (Wildman–Crippen LogP) is 4.19. The average Bonchev–Trinajstić information content (AvgIpc) is 2.92. The molecule has 0 saturated carbocycles. The fourth-order valence-electron chi connectivity index (χ4n) is 4.19. The number of methoxy groups -OCH3 is 2. The fraction of sp³-hybridized carbons (Fsp3) is 0.207. The third-order valence-electron chi connectivity index (χ3n) is 5.87. The largest absolute Gasteiger partial charge is 0.467 e. The molecule has 35 heavy (non-hydrogen) atoms. The summed E-state index contributed by atoms with van der Waals surface area (Å²) in [6, 6.07) is 28.6. The van der Waals surface area contributed by atoms with Crippen LogP contribution in [0.5, 0.6) is 0 Å². The highest BCUT2D eigenvalue weighted by molar-refractivity contribution is 5.87. The number of esters is 2. The van der Waals surface area contributed by atoms with E-state index in [1.807, 2.05) is 91.0 Å². The quantitative estimate of drug-likeness (QED) is 0.272. The molecule has 6 nitrogen and oxygen atoms in total. The van der Waals surface area contributed by atoms with Gasteiger partial charge in [0.2, 0.25) is 5.91 Å². The number of ether oxygens (including phenoxy) is 2. The summed E-state index contributed by atoms with van der Waals surface area (Å²) in [7, 11) is 2.52. The second-order valence-corrected chi connectivity index (χ2v) is 7.98. The molecule has 0 unspecified atom stereocenters. The van der Waals surface area contributed by atoms with E-state index < -0.39 is 23.4 Å². The van der Waals surface area contributed by atoms with Crippen LogP contribution in [0.15, 0.2) is 103 Å². The van der Waals surface area contributed by atoms with E-state index in [4.69, 9.17) is 4.74 Å². The molecule has 0 saturated heterocycles. The minimum absolute atomic E-state index is 0.0548. The molecule has 0 heterocycles. The van der Waals surface area contributed by atoms with Gasteiger partial charge in [0.25, 0.3) is 0 Å². The lowest BCUT2D eigenvalue weighted by molar-refractivity contribution is -0.145. The molecule has 0 aliphatic carbocycles. The number of benzene rings is 3. The molecule has 1 N–H and O–H groups in total. The van der Waals surface area contributed by atoms with E-state index >= 15 is 0 Å². The van der Waals surface area contributed by atoms with Crippen molar-refractivity contribution in [1.29, 1.82) is 0 Å². The average molecular weight is 472 g/mol. The van der Waals surface area contributed by atoms with Crippen molar-refractivity contribution < 1.29 is 23.9 Å². The van der Waals surface area contributed by atoms with Crippen molar-refractivity contribution in [3.8, 4) is 0 Å². The molecule has 3 aromatic carbocycles. The standard InChI is InChI=1S/C29H29NO5/c1-34-27(32)20-12-19-25(28(33)35-2)30-26(31)21-29(22-13-6-3-7-14-22,23-15-8-4-9-16-23)24-17-10-5-11-18-24/h3-18,20,25H,19,21H2,1-2H3,(H,30,31)/b20-12+/t25-/m1/s1. The first-order valence-corrected chi connectivity index (χ1v) is 11.3. The van der Waals surface area contributed by atoms with Crippen molar-refractivity contribution in [1.82, 2.24) is 5.32 Å². The van der Waals surface area contributed by atoms with Crippen LogP contribution >= 0.6 is 0 Å².